The fraction of sp³-hybridized carbons (Fsp3) is 0.407. The Morgan fingerprint density at radius 1 is 1.19 bits per heavy atom. The Labute approximate surface area is 191 Å². The zero-order chi connectivity index (χ0) is 23.1. The highest BCUT2D eigenvalue weighted by atomic mass is 19.1. The molecular formula is C27H34FN2O2. The van der Waals surface area contributed by atoms with Gasteiger partial charge in [0.05, 0.1) is 7.11 Å². The van der Waals surface area contributed by atoms with Crippen LogP contribution in [0.5, 0.6) is 5.75 Å². The van der Waals surface area contributed by atoms with Crippen LogP contribution in [0.1, 0.15) is 38.2 Å². The minimum absolute atomic E-state index is 0.00523. The normalized spacial score (nSPS) is 29.8. The van der Waals surface area contributed by atoms with E-state index in [0.29, 0.717) is 6.42 Å². The maximum atomic E-state index is 14.6. The molecule has 3 rings (SSSR count). The van der Waals surface area contributed by atoms with Gasteiger partial charge in [-0.3, -0.25) is 4.79 Å². The SMILES string of the molecule is CCC(/C1=C/C=C\C=C/C=C\[CH]1)C1NC(=O)C[C@H](c2ccc(OC)c(F)c2)C1C(C)NC. The molecule has 171 valence electrons. The average Bonchev–Trinajstić information content (AvgIpc) is 2.93. The van der Waals surface area contributed by atoms with E-state index in [0.717, 1.165) is 12.0 Å². The number of nitrogens with one attached hydrogen (secondary N) is 2. The van der Waals surface area contributed by atoms with Crippen molar-refractivity contribution in [3.8, 4) is 5.75 Å². The summed E-state index contributed by atoms with van der Waals surface area (Å²) < 4.78 is 19.7. The lowest BCUT2D eigenvalue weighted by Gasteiger charge is -2.45. The highest BCUT2D eigenvalue weighted by molar-refractivity contribution is 5.78. The van der Waals surface area contributed by atoms with Gasteiger partial charge >= 0.3 is 0 Å². The van der Waals surface area contributed by atoms with E-state index in [1.54, 1.807) is 6.07 Å². The Balaban J connectivity index is 2.02. The monoisotopic (exact) mass is 437 g/mol. The van der Waals surface area contributed by atoms with E-state index in [4.69, 9.17) is 4.74 Å². The Morgan fingerprint density at radius 2 is 1.91 bits per heavy atom. The van der Waals surface area contributed by atoms with Crippen molar-refractivity contribution < 1.29 is 13.9 Å². The van der Waals surface area contributed by atoms with Gasteiger partial charge in [-0.2, -0.15) is 0 Å². The second-order valence-corrected chi connectivity index (χ2v) is 8.46. The highest BCUT2D eigenvalue weighted by Crippen LogP contribution is 2.42. The lowest BCUT2D eigenvalue weighted by atomic mass is 9.67. The zero-order valence-corrected chi connectivity index (χ0v) is 19.3. The Kier molecular flexibility index (Phi) is 8.46. The fourth-order valence-electron chi connectivity index (χ4n) is 4.99. The summed E-state index contributed by atoms with van der Waals surface area (Å²) in [4.78, 5) is 12.9. The maximum absolute atomic E-state index is 14.6. The first-order valence-electron chi connectivity index (χ1n) is 11.3. The van der Waals surface area contributed by atoms with Crippen molar-refractivity contribution in [3.63, 3.8) is 0 Å². The summed E-state index contributed by atoms with van der Waals surface area (Å²) in [6.45, 7) is 4.29. The van der Waals surface area contributed by atoms with Gasteiger partial charge in [0, 0.05) is 36.8 Å². The highest BCUT2D eigenvalue weighted by Gasteiger charge is 2.44. The van der Waals surface area contributed by atoms with Crippen LogP contribution in [-0.4, -0.2) is 32.1 Å². The summed E-state index contributed by atoms with van der Waals surface area (Å²) >= 11 is 0. The minimum atomic E-state index is -0.398. The fourth-order valence-corrected chi connectivity index (χ4v) is 4.99. The van der Waals surface area contributed by atoms with Crippen molar-refractivity contribution in [1.29, 1.82) is 0 Å². The van der Waals surface area contributed by atoms with Gasteiger partial charge in [0.1, 0.15) is 0 Å². The maximum Gasteiger partial charge on any atom is 0.220 e. The summed E-state index contributed by atoms with van der Waals surface area (Å²) in [6.07, 6.45) is 17.5. The molecule has 4 nitrogen and oxygen atoms in total. The smallest absolute Gasteiger partial charge is 0.220 e. The molecule has 0 spiro atoms. The summed E-state index contributed by atoms with van der Waals surface area (Å²) in [5.74, 6) is -0.0688. The first-order valence-corrected chi connectivity index (χ1v) is 11.3. The number of carbonyl (C=O) groups excluding carboxylic acids is 1. The molecule has 1 amide bonds. The quantitative estimate of drug-likeness (QED) is 0.640. The number of allylic oxidation sites excluding steroid dienone is 7. The number of amides is 1. The molecule has 1 heterocycles. The zero-order valence-electron chi connectivity index (χ0n) is 19.3. The van der Waals surface area contributed by atoms with Crippen LogP contribution in [0.25, 0.3) is 0 Å². The number of carbonyl (C=O) groups is 1. The number of piperidine rings is 1. The Bertz CT molecular complexity index is 918. The van der Waals surface area contributed by atoms with Crippen molar-refractivity contribution in [3.05, 3.63) is 84.1 Å². The molecule has 2 aliphatic rings. The lowest BCUT2D eigenvalue weighted by Crippen LogP contribution is -2.57. The van der Waals surface area contributed by atoms with Crippen LogP contribution in [0.3, 0.4) is 0 Å². The number of halogens is 1. The first kappa shape index (κ1) is 24.0. The second kappa shape index (κ2) is 11.3. The molecule has 2 N–H and O–H groups in total. The molecule has 5 atom stereocenters. The number of hydrogen-bond acceptors (Lipinski definition) is 3. The lowest BCUT2D eigenvalue weighted by molar-refractivity contribution is -0.126. The van der Waals surface area contributed by atoms with Gasteiger partial charge in [-0.15, -0.1) is 0 Å². The summed E-state index contributed by atoms with van der Waals surface area (Å²) in [7, 11) is 3.40. The molecular weight excluding hydrogens is 403 g/mol. The van der Waals surface area contributed by atoms with Gasteiger partial charge in [0.15, 0.2) is 11.6 Å². The molecule has 1 fully saturated rings. The van der Waals surface area contributed by atoms with E-state index < -0.39 is 5.82 Å². The van der Waals surface area contributed by atoms with E-state index in [2.05, 4.69) is 37.0 Å². The van der Waals surface area contributed by atoms with Gasteiger partial charge in [-0.25, -0.2) is 4.39 Å². The van der Waals surface area contributed by atoms with Crippen LogP contribution in [0.4, 0.5) is 4.39 Å². The molecule has 1 aliphatic carbocycles. The molecule has 1 radical (unpaired) electrons. The Hall–Kier alpha value is -2.66. The van der Waals surface area contributed by atoms with Crippen molar-refractivity contribution in [2.24, 2.45) is 11.8 Å². The first-order chi connectivity index (χ1) is 15.5. The number of benzene rings is 1. The van der Waals surface area contributed by atoms with Crippen molar-refractivity contribution >= 4 is 5.91 Å². The predicted octanol–water partition coefficient (Wildman–Crippen LogP) is 4.87. The molecule has 1 aliphatic heterocycles. The van der Waals surface area contributed by atoms with Gasteiger partial charge in [-0.1, -0.05) is 61.1 Å². The summed E-state index contributed by atoms with van der Waals surface area (Å²) in [6, 6.07) is 5.10. The van der Waals surface area contributed by atoms with E-state index in [-0.39, 0.29) is 41.5 Å². The van der Waals surface area contributed by atoms with Gasteiger partial charge < -0.3 is 15.4 Å². The molecule has 5 heteroatoms. The van der Waals surface area contributed by atoms with E-state index >= 15 is 0 Å². The van der Waals surface area contributed by atoms with Crippen LogP contribution in [0.2, 0.25) is 0 Å². The number of hydrogen-bond donors (Lipinski definition) is 2. The van der Waals surface area contributed by atoms with E-state index in [1.165, 1.54) is 18.7 Å². The molecule has 1 saturated heterocycles. The largest absolute Gasteiger partial charge is 0.494 e. The van der Waals surface area contributed by atoms with E-state index in [1.807, 2.05) is 49.6 Å². The van der Waals surface area contributed by atoms with Crippen molar-refractivity contribution in [2.75, 3.05) is 14.2 Å². The third-order valence-electron chi connectivity index (χ3n) is 6.68. The van der Waals surface area contributed by atoms with Crippen LogP contribution in [0.15, 0.2) is 66.3 Å². The molecule has 0 aromatic heterocycles. The Morgan fingerprint density at radius 3 is 2.56 bits per heavy atom. The molecule has 1 aromatic rings. The summed E-state index contributed by atoms with van der Waals surface area (Å²) in [5.41, 5.74) is 2.00. The standard InChI is InChI=1S/C27H34FN2O2/c1-5-21(19-12-10-8-6-7-9-11-13-19)27-26(18(2)29-3)22(17-25(31)30-27)20-14-15-24(32-4)23(28)16-20/h6-16,18,21-22,26-27,29H,5,17H2,1-4H3,(H,30,31)/b7-6-,10-8-,11-9-,19-12+/t18?,21?,22-,26?,27?/m1/s1. The summed E-state index contributed by atoms with van der Waals surface area (Å²) in [5, 5.41) is 6.69. The van der Waals surface area contributed by atoms with Gasteiger partial charge in [0.25, 0.3) is 0 Å². The predicted molar refractivity (Wildman–Crippen MR) is 128 cm³/mol. The van der Waals surface area contributed by atoms with Crippen molar-refractivity contribution in [1.82, 2.24) is 10.6 Å². The number of rotatable bonds is 7. The van der Waals surface area contributed by atoms with E-state index in [9.17, 15) is 9.18 Å². The number of ether oxygens (including phenoxy) is 1. The third kappa shape index (κ3) is 5.39. The number of methoxy groups -OCH3 is 1. The van der Waals surface area contributed by atoms with Gasteiger partial charge in [0.2, 0.25) is 5.91 Å². The molecule has 0 bridgehead atoms. The van der Waals surface area contributed by atoms with Crippen LogP contribution in [-0.2, 0) is 4.79 Å². The second-order valence-electron chi connectivity index (χ2n) is 8.46. The van der Waals surface area contributed by atoms with Gasteiger partial charge in [-0.05, 0) is 44.0 Å². The molecule has 1 aromatic carbocycles. The minimum Gasteiger partial charge on any atom is -0.494 e. The average molecular weight is 438 g/mol. The molecule has 32 heavy (non-hydrogen) atoms. The molecule has 4 unspecified atom stereocenters. The van der Waals surface area contributed by atoms with Crippen LogP contribution < -0.4 is 15.4 Å². The van der Waals surface area contributed by atoms with Crippen molar-refractivity contribution in [2.45, 2.75) is 44.7 Å². The molecule has 0 saturated carbocycles. The van der Waals surface area contributed by atoms with Crippen LogP contribution >= 0.6 is 0 Å². The topological polar surface area (TPSA) is 50.4 Å². The van der Waals surface area contributed by atoms with Crippen LogP contribution in [0, 0.1) is 24.1 Å². The third-order valence-corrected chi connectivity index (χ3v) is 6.68.